The molecule has 0 fully saturated rings. The summed E-state index contributed by atoms with van der Waals surface area (Å²) in [5, 5.41) is 8.54. The number of ether oxygens (including phenoxy) is 2. The summed E-state index contributed by atoms with van der Waals surface area (Å²) < 4.78 is 51.2. The molecule has 35 heavy (non-hydrogen) atoms. The number of rotatable bonds is 6. The Balaban J connectivity index is 1.41. The second-order valence-corrected chi connectivity index (χ2v) is 7.63. The van der Waals surface area contributed by atoms with Crippen molar-refractivity contribution in [3.05, 3.63) is 90.3 Å². The Kier molecular flexibility index (Phi) is 5.77. The highest BCUT2D eigenvalue weighted by Crippen LogP contribution is 2.34. The number of benzene rings is 3. The molecule has 0 aliphatic carbocycles. The Bertz CT molecular complexity index is 1470. The fourth-order valence-electron chi connectivity index (χ4n) is 3.56. The lowest BCUT2D eigenvalue weighted by Gasteiger charge is -2.11. The lowest BCUT2D eigenvalue weighted by atomic mass is 10.1. The summed E-state index contributed by atoms with van der Waals surface area (Å²) in [5.74, 6) is 1.16. The van der Waals surface area contributed by atoms with Crippen LogP contribution < -0.4 is 9.47 Å². The highest BCUT2D eigenvalue weighted by molar-refractivity contribution is 5.81. The summed E-state index contributed by atoms with van der Waals surface area (Å²) in [6.07, 6.45) is -1.46. The van der Waals surface area contributed by atoms with Crippen molar-refractivity contribution >= 4 is 11.0 Å². The highest BCUT2D eigenvalue weighted by atomic mass is 19.4. The van der Waals surface area contributed by atoms with Gasteiger partial charge in [0, 0.05) is 18.0 Å². The van der Waals surface area contributed by atoms with Gasteiger partial charge in [-0.25, -0.2) is 14.6 Å². The van der Waals surface area contributed by atoms with Crippen LogP contribution in [0.15, 0.2) is 79.1 Å². The topological polar surface area (TPSA) is 75.0 Å². The normalized spacial score (nSPS) is 11.5. The number of nitrogens with zero attached hydrogens (tertiary/aromatic N) is 5. The van der Waals surface area contributed by atoms with Crippen molar-refractivity contribution < 1.29 is 22.6 Å². The molecule has 0 N–H and O–H groups in total. The molecule has 0 saturated carbocycles. The fourth-order valence-corrected chi connectivity index (χ4v) is 3.56. The van der Waals surface area contributed by atoms with Crippen LogP contribution in [-0.2, 0) is 12.7 Å². The maximum Gasteiger partial charge on any atom is 0.416 e. The van der Waals surface area contributed by atoms with E-state index in [1.165, 1.54) is 24.5 Å². The number of fused-ring (bicyclic) bond motifs is 1. The molecule has 0 amide bonds. The van der Waals surface area contributed by atoms with E-state index in [1.807, 2.05) is 42.5 Å². The van der Waals surface area contributed by atoms with E-state index in [0.29, 0.717) is 23.3 Å². The Morgan fingerprint density at radius 2 is 1.57 bits per heavy atom. The van der Waals surface area contributed by atoms with E-state index >= 15 is 0 Å². The van der Waals surface area contributed by atoms with Crippen molar-refractivity contribution in [2.45, 2.75) is 12.7 Å². The third kappa shape index (κ3) is 4.77. The van der Waals surface area contributed by atoms with Gasteiger partial charge in [0.05, 0.1) is 24.7 Å². The molecule has 0 bridgehead atoms. The first-order valence-electron chi connectivity index (χ1n) is 10.5. The van der Waals surface area contributed by atoms with Crippen LogP contribution in [0.3, 0.4) is 0 Å². The van der Waals surface area contributed by atoms with Gasteiger partial charge < -0.3 is 9.47 Å². The smallest absolute Gasteiger partial charge is 0.416 e. The molecular formula is C25H18F3N5O2. The van der Waals surface area contributed by atoms with Gasteiger partial charge >= 0.3 is 6.18 Å². The van der Waals surface area contributed by atoms with Crippen molar-refractivity contribution in [3.63, 3.8) is 0 Å². The van der Waals surface area contributed by atoms with Crippen LogP contribution in [0.5, 0.6) is 17.4 Å². The van der Waals surface area contributed by atoms with Gasteiger partial charge in [0.15, 0.2) is 0 Å². The zero-order chi connectivity index (χ0) is 24.4. The quantitative estimate of drug-likeness (QED) is 0.310. The maximum absolute atomic E-state index is 12.8. The zero-order valence-electron chi connectivity index (χ0n) is 18.4. The third-order valence-corrected chi connectivity index (χ3v) is 5.34. The van der Waals surface area contributed by atoms with E-state index in [0.717, 1.165) is 29.0 Å². The molecule has 7 nitrogen and oxygen atoms in total. The monoisotopic (exact) mass is 477 g/mol. The van der Waals surface area contributed by atoms with Crippen molar-refractivity contribution in [1.29, 1.82) is 0 Å². The summed E-state index contributed by atoms with van der Waals surface area (Å²) in [6, 6.07) is 17.6. The van der Waals surface area contributed by atoms with Crippen molar-refractivity contribution in [2.24, 2.45) is 0 Å². The number of hydrogen-bond acceptors (Lipinski definition) is 6. The summed E-state index contributed by atoms with van der Waals surface area (Å²) in [6.45, 7) is 0.535. The Morgan fingerprint density at radius 3 is 2.29 bits per heavy atom. The lowest BCUT2D eigenvalue weighted by Crippen LogP contribution is -2.04. The highest BCUT2D eigenvalue weighted by Gasteiger charge is 2.30. The van der Waals surface area contributed by atoms with E-state index in [9.17, 15) is 13.2 Å². The summed E-state index contributed by atoms with van der Waals surface area (Å²) in [5.41, 5.74) is 2.89. The van der Waals surface area contributed by atoms with Crippen molar-refractivity contribution in [2.75, 3.05) is 7.11 Å². The van der Waals surface area contributed by atoms with Crippen LogP contribution in [0.25, 0.3) is 22.3 Å². The van der Waals surface area contributed by atoms with Gasteiger partial charge in [0.25, 0.3) is 0 Å². The first-order chi connectivity index (χ1) is 16.9. The molecule has 176 valence electrons. The minimum Gasteiger partial charge on any atom is -0.497 e. The second kappa shape index (κ2) is 9.05. The van der Waals surface area contributed by atoms with Gasteiger partial charge in [-0.05, 0) is 54.1 Å². The fraction of sp³-hybridized carbons (Fsp3) is 0.120. The summed E-state index contributed by atoms with van der Waals surface area (Å²) >= 11 is 0. The molecule has 2 heterocycles. The van der Waals surface area contributed by atoms with E-state index in [1.54, 1.807) is 11.8 Å². The van der Waals surface area contributed by atoms with Crippen LogP contribution in [0.4, 0.5) is 13.2 Å². The lowest BCUT2D eigenvalue weighted by molar-refractivity contribution is -0.137. The molecule has 10 heteroatoms. The number of alkyl halides is 3. The SMILES string of the molecule is COc1ccc(Cn2nnc3cc(-c4nccnc4Oc4ccc(C(F)(F)F)cc4)ccc32)cc1. The minimum absolute atomic E-state index is 0.164. The molecule has 2 aromatic heterocycles. The first-order valence-corrected chi connectivity index (χ1v) is 10.5. The predicted molar refractivity (Wildman–Crippen MR) is 122 cm³/mol. The predicted octanol–water partition coefficient (Wildman–Crippen LogP) is 5.76. The molecule has 0 aliphatic rings. The Hall–Kier alpha value is -4.47. The van der Waals surface area contributed by atoms with Gasteiger partial charge in [-0.3, -0.25) is 0 Å². The second-order valence-electron chi connectivity index (χ2n) is 7.63. The average molecular weight is 477 g/mol. The zero-order valence-corrected chi connectivity index (χ0v) is 18.4. The van der Waals surface area contributed by atoms with E-state index in [-0.39, 0.29) is 11.6 Å². The van der Waals surface area contributed by atoms with Gasteiger partial charge in [-0.2, -0.15) is 13.2 Å². The molecule has 0 spiro atoms. The molecule has 5 rings (SSSR count). The van der Waals surface area contributed by atoms with Crippen molar-refractivity contribution in [1.82, 2.24) is 25.0 Å². The summed E-state index contributed by atoms with van der Waals surface area (Å²) in [7, 11) is 1.62. The number of aromatic nitrogens is 5. The number of methoxy groups -OCH3 is 1. The molecule has 0 radical (unpaired) electrons. The molecule has 0 aliphatic heterocycles. The largest absolute Gasteiger partial charge is 0.497 e. The molecule has 3 aromatic carbocycles. The van der Waals surface area contributed by atoms with Crippen molar-refractivity contribution in [3.8, 4) is 28.6 Å². The van der Waals surface area contributed by atoms with E-state index < -0.39 is 11.7 Å². The van der Waals surface area contributed by atoms with Gasteiger partial charge in [0.1, 0.15) is 22.7 Å². The number of hydrogen-bond donors (Lipinski definition) is 0. The van der Waals surface area contributed by atoms with Crippen LogP contribution in [0.1, 0.15) is 11.1 Å². The Morgan fingerprint density at radius 1 is 0.857 bits per heavy atom. The molecule has 0 saturated heterocycles. The Labute approximate surface area is 197 Å². The average Bonchev–Trinajstić information content (AvgIpc) is 3.26. The van der Waals surface area contributed by atoms with E-state index in [4.69, 9.17) is 9.47 Å². The summed E-state index contributed by atoms with van der Waals surface area (Å²) in [4.78, 5) is 8.58. The van der Waals surface area contributed by atoms with Gasteiger partial charge in [-0.15, -0.1) is 5.10 Å². The van der Waals surface area contributed by atoms with Crippen LogP contribution >= 0.6 is 0 Å². The first kappa shape index (κ1) is 22.3. The molecule has 0 atom stereocenters. The standard InChI is InChI=1S/C25H18F3N5O2/c1-34-19-7-2-16(3-8-19)15-33-22-11-4-17(14-21(22)31-32-33)23-24(30-13-12-29-23)35-20-9-5-18(6-10-20)25(26,27)28/h2-14H,15H2,1H3. The minimum atomic E-state index is -4.42. The molecule has 5 aromatic rings. The third-order valence-electron chi connectivity index (χ3n) is 5.34. The molecule has 0 unspecified atom stereocenters. The van der Waals surface area contributed by atoms with Gasteiger partial charge in [0.2, 0.25) is 5.88 Å². The van der Waals surface area contributed by atoms with Crippen LogP contribution in [0, 0.1) is 0 Å². The van der Waals surface area contributed by atoms with Gasteiger partial charge in [-0.1, -0.05) is 23.4 Å². The van der Waals surface area contributed by atoms with Crippen LogP contribution in [0.2, 0.25) is 0 Å². The maximum atomic E-state index is 12.8. The number of halogens is 3. The van der Waals surface area contributed by atoms with E-state index in [2.05, 4.69) is 20.3 Å². The van der Waals surface area contributed by atoms with Crippen LogP contribution in [-0.4, -0.2) is 32.1 Å². The molecular weight excluding hydrogens is 459 g/mol.